The van der Waals surface area contributed by atoms with Crippen LogP contribution < -0.4 is 5.32 Å². The minimum atomic E-state index is -4.57. The van der Waals surface area contributed by atoms with Gasteiger partial charge >= 0.3 is 18.3 Å². The summed E-state index contributed by atoms with van der Waals surface area (Å²) >= 11 is 0. The molecule has 1 aromatic heterocycles. The van der Waals surface area contributed by atoms with Crippen LogP contribution in [0, 0.1) is 0 Å². The molecule has 0 atom stereocenters. The van der Waals surface area contributed by atoms with Gasteiger partial charge < -0.3 is 9.15 Å². The fourth-order valence-electron chi connectivity index (χ4n) is 1.20. The maximum Gasteiger partial charge on any atom is 0.422 e. The van der Waals surface area contributed by atoms with Gasteiger partial charge in [0.15, 0.2) is 12.2 Å². The average molecular weight is 260 g/mol. The third-order valence-corrected chi connectivity index (χ3v) is 1.87. The number of carbonyl (C=O) groups excluding carboxylic acids is 1. The van der Waals surface area contributed by atoms with E-state index in [0.717, 1.165) is 0 Å². The minimum Gasteiger partial charge on any atom is -0.440 e. The predicted molar refractivity (Wildman–Crippen MR) is 55.0 cm³/mol. The van der Waals surface area contributed by atoms with Crippen LogP contribution in [0.25, 0.3) is 11.1 Å². The Labute approximate surface area is 98.5 Å². The zero-order valence-corrected chi connectivity index (χ0v) is 8.82. The Morgan fingerprint density at radius 2 is 2.11 bits per heavy atom. The molecular formula is C10H7F3N2O3. The molecule has 0 unspecified atom stereocenters. The van der Waals surface area contributed by atoms with E-state index < -0.39 is 18.9 Å². The van der Waals surface area contributed by atoms with E-state index in [1.807, 2.05) is 5.32 Å². The zero-order chi connectivity index (χ0) is 13.2. The lowest BCUT2D eigenvalue weighted by Gasteiger charge is -2.06. The molecule has 0 aliphatic heterocycles. The van der Waals surface area contributed by atoms with Crippen LogP contribution in [0.3, 0.4) is 0 Å². The maximum absolute atomic E-state index is 11.8. The number of hydrogen-bond donors (Lipinski definition) is 1. The molecule has 5 nitrogen and oxygen atoms in total. The van der Waals surface area contributed by atoms with Gasteiger partial charge in [0.2, 0.25) is 0 Å². The van der Waals surface area contributed by atoms with Crippen LogP contribution >= 0.6 is 0 Å². The topological polar surface area (TPSA) is 64.4 Å². The fraction of sp³-hybridized carbons (Fsp3) is 0.200. The molecule has 2 aromatic rings. The highest BCUT2D eigenvalue weighted by Crippen LogP contribution is 2.19. The van der Waals surface area contributed by atoms with Crippen LogP contribution in [0.4, 0.5) is 24.0 Å². The zero-order valence-electron chi connectivity index (χ0n) is 8.82. The SMILES string of the molecule is O=C(Nc1nc2ccccc2o1)OCC(F)(F)F. The Morgan fingerprint density at radius 3 is 2.78 bits per heavy atom. The summed E-state index contributed by atoms with van der Waals surface area (Å²) in [6.45, 7) is -1.67. The number of nitrogens with one attached hydrogen (secondary N) is 1. The van der Waals surface area contributed by atoms with Crippen LogP contribution in [0.1, 0.15) is 0 Å². The van der Waals surface area contributed by atoms with Crippen molar-refractivity contribution < 1.29 is 27.1 Å². The van der Waals surface area contributed by atoms with Gasteiger partial charge in [-0.25, -0.2) is 10.1 Å². The molecule has 0 radical (unpaired) electrons. The molecular weight excluding hydrogens is 253 g/mol. The van der Waals surface area contributed by atoms with E-state index in [2.05, 4.69) is 9.72 Å². The number of anilines is 1. The molecule has 0 saturated carbocycles. The molecule has 1 heterocycles. The number of fused-ring (bicyclic) bond motifs is 1. The number of ether oxygens (including phenoxy) is 1. The number of rotatable bonds is 2. The number of hydrogen-bond acceptors (Lipinski definition) is 4. The third kappa shape index (κ3) is 3.12. The standard InChI is InChI=1S/C10H7F3N2O3/c11-10(12,13)5-17-9(16)15-8-14-6-3-1-2-4-7(6)18-8/h1-4H,5H2,(H,14,15,16). The molecule has 96 valence electrons. The van der Waals surface area contributed by atoms with Gasteiger partial charge in [0, 0.05) is 0 Å². The number of nitrogens with zero attached hydrogens (tertiary/aromatic N) is 1. The number of para-hydroxylation sites is 2. The Bertz CT molecular complexity index is 532. The van der Waals surface area contributed by atoms with Crippen molar-refractivity contribution in [2.24, 2.45) is 0 Å². The first kappa shape index (κ1) is 12.2. The highest BCUT2D eigenvalue weighted by Gasteiger charge is 2.29. The van der Waals surface area contributed by atoms with E-state index in [9.17, 15) is 18.0 Å². The summed E-state index contributed by atoms with van der Waals surface area (Å²) in [7, 11) is 0. The van der Waals surface area contributed by atoms with Crippen LogP contribution in [-0.2, 0) is 4.74 Å². The van der Waals surface area contributed by atoms with E-state index in [1.165, 1.54) is 0 Å². The van der Waals surface area contributed by atoms with Gasteiger partial charge in [-0.3, -0.25) is 0 Å². The second-order valence-corrected chi connectivity index (χ2v) is 3.30. The van der Waals surface area contributed by atoms with Crippen molar-refractivity contribution in [1.29, 1.82) is 0 Å². The molecule has 1 N–H and O–H groups in total. The van der Waals surface area contributed by atoms with Crippen molar-refractivity contribution in [2.45, 2.75) is 6.18 Å². The largest absolute Gasteiger partial charge is 0.440 e. The average Bonchev–Trinajstić information content (AvgIpc) is 2.67. The molecule has 0 fully saturated rings. The Hall–Kier alpha value is -2.25. The van der Waals surface area contributed by atoms with Gasteiger partial charge in [-0.1, -0.05) is 12.1 Å². The van der Waals surface area contributed by atoms with Crippen molar-refractivity contribution in [2.75, 3.05) is 11.9 Å². The minimum absolute atomic E-state index is 0.219. The lowest BCUT2D eigenvalue weighted by atomic mass is 10.3. The van der Waals surface area contributed by atoms with Crippen molar-refractivity contribution in [3.05, 3.63) is 24.3 Å². The Morgan fingerprint density at radius 1 is 1.39 bits per heavy atom. The van der Waals surface area contributed by atoms with Crippen molar-refractivity contribution in [3.63, 3.8) is 0 Å². The molecule has 1 aromatic carbocycles. The van der Waals surface area contributed by atoms with Gasteiger partial charge in [0.1, 0.15) is 5.52 Å². The molecule has 18 heavy (non-hydrogen) atoms. The number of amides is 1. The first-order valence-electron chi connectivity index (χ1n) is 4.80. The summed E-state index contributed by atoms with van der Waals surface area (Å²) in [6.07, 6.45) is -5.85. The van der Waals surface area contributed by atoms with E-state index >= 15 is 0 Å². The number of benzene rings is 1. The van der Waals surface area contributed by atoms with E-state index in [0.29, 0.717) is 11.1 Å². The maximum atomic E-state index is 11.8. The normalized spacial score (nSPS) is 11.5. The summed E-state index contributed by atoms with van der Waals surface area (Å²) in [5, 5.41) is 1.96. The van der Waals surface area contributed by atoms with Crippen LogP contribution in [0.5, 0.6) is 0 Å². The van der Waals surface area contributed by atoms with Gasteiger partial charge in [-0.05, 0) is 12.1 Å². The van der Waals surface area contributed by atoms with Gasteiger partial charge in [-0.2, -0.15) is 18.2 Å². The first-order chi connectivity index (χ1) is 8.44. The summed E-state index contributed by atoms with van der Waals surface area (Å²) in [4.78, 5) is 14.8. The lowest BCUT2D eigenvalue weighted by Crippen LogP contribution is -2.23. The highest BCUT2D eigenvalue weighted by molar-refractivity contribution is 5.84. The first-order valence-corrected chi connectivity index (χ1v) is 4.80. The Kier molecular flexibility index (Phi) is 3.09. The third-order valence-electron chi connectivity index (χ3n) is 1.87. The number of carbonyl (C=O) groups is 1. The molecule has 1 amide bonds. The fourth-order valence-corrected chi connectivity index (χ4v) is 1.20. The molecule has 0 saturated heterocycles. The Balaban J connectivity index is 1.99. The van der Waals surface area contributed by atoms with E-state index in [4.69, 9.17) is 4.42 Å². The van der Waals surface area contributed by atoms with Crippen molar-refractivity contribution in [3.8, 4) is 0 Å². The summed E-state index contributed by atoms with van der Waals surface area (Å²) in [5.74, 6) is 0. The summed E-state index contributed by atoms with van der Waals surface area (Å²) in [5.41, 5.74) is 0.882. The molecule has 8 heteroatoms. The van der Waals surface area contributed by atoms with Crippen LogP contribution in [0.2, 0.25) is 0 Å². The van der Waals surface area contributed by atoms with Crippen molar-refractivity contribution in [1.82, 2.24) is 4.98 Å². The van der Waals surface area contributed by atoms with Crippen molar-refractivity contribution >= 4 is 23.2 Å². The molecule has 0 bridgehead atoms. The van der Waals surface area contributed by atoms with E-state index in [-0.39, 0.29) is 6.01 Å². The quantitative estimate of drug-likeness (QED) is 0.901. The molecule has 2 rings (SSSR count). The number of oxazole rings is 1. The van der Waals surface area contributed by atoms with Crippen LogP contribution in [0.15, 0.2) is 28.7 Å². The summed E-state index contributed by atoms with van der Waals surface area (Å²) in [6, 6.07) is 6.42. The summed E-state index contributed by atoms with van der Waals surface area (Å²) < 4.78 is 44.3. The molecule has 0 aliphatic rings. The molecule has 0 spiro atoms. The number of alkyl halides is 3. The second kappa shape index (κ2) is 4.55. The highest BCUT2D eigenvalue weighted by atomic mass is 19.4. The predicted octanol–water partition coefficient (Wildman–Crippen LogP) is 2.94. The van der Waals surface area contributed by atoms with E-state index in [1.54, 1.807) is 24.3 Å². The lowest BCUT2D eigenvalue weighted by molar-refractivity contribution is -0.159. The monoisotopic (exact) mass is 260 g/mol. The van der Waals surface area contributed by atoms with Crippen LogP contribution in [-0.4, -0.2) is 23.9 Å². The van der Waals surface area contributed by atoms with Gasteiger partial charge in [-0.15, -0.1) is 0 Å². The van der Waals surface area contributed by atoms with Gasteiger partial charge in [0.25, 0.3) is 0 Å². The number of aromatic nitrogens is 1. The molecule has 0 aliphatic carbocycles. The second-order valence-electron chi connectivity index (χ2n) is 3.30. The smallest absolute Gasteiger partial charge is 0.422 e. The van der Waals surface area contributed by atoms with Gasteiger partial charge in [0.05, 0.1) is 0 Å². The number of halogens is 3.